The van der Waals surface area contributed by atoms with Crippen molar-refractivity contribution >= 4 is 11.6 Å². The number of aliphatic hydroxyl groups excluding tert-OH is 1. The predicted octanol–water partition coefficient (Wildman–Crippen LogP) is 0.750. The molecule has 1 heterocycles. The lowest BCUT2D eigenvalue weighted by atomic mass is 10.2. The van der Waals surface area contributed by atoms with Gasteiger partial charge in [0, 0.05) is 0 Å². The highest BCUT2D eigenvalue weighted by Crippen LogP contribution is 2.20. The number of nitrogens with two attached hydrogens (primary N) is 1. The van der Waals surface area contributed by atoms with Crippen LogP contribution in [-0.2, 0) is 0 Å². The predicted molar refractivity (Wildman–Crippen MR) is 47.2 cm³/mol. The van der Waals surface area contributed by atoms with E-state index in [0.717, 1.165) is 0 Å². The molecule has 5 nitrogen and oxygen atoms in total. The number of aliphatic hydroxyl groups is 1. The monoisotopic (exact) mass is 205 g/mol. The Kier molecular flexibility index (Phi) is 3.24. The van der Waals surface area contributed by atoms with Gasteiger partial charge in [0.25, 0.3) is 0 Å². The smallest absolute Gasteiger partial charge is 0.235 e. The summed E-state index contributed by atoms with van der Waals surface area (Å²) >= 11 is 5.70. The maximum Gasteiger partial charge on any atom is 0.235 e. The van der Waals surface area contributed by atoms with Gasteiger partial charge in [-0.05, 0) is 13.8 Å². The lowest BCUT2D eigenvalue weighted by molar-refractivity contribution is 0.150. The van der Waals surface area contributed by atoms with Gasteiger partial charge < -0.3 is 15.3 Å². The van der Waals surface area contributed by atoms with Crippen molar-refractivity contribution in [1.29, 1.82) is 0 Å². The van der Waals surface area contributed by atoms with Crippen molar-refractivity contribution in [2.45, 2.75) is 31.4 Å². The summed E-state index contributed by atoms with van der Waals surface area (Å²) in [5, 5.41) is 16.1. The molecule has 0 aliphatic rings. The maximum atomic E-state index is 9.14. The summed E-state index contributed by atoms with van der Waals surface area (Å²) in [4.78, 5) is 0. The molecular weight excluding hydrogens is 194 g/mol. The fraction of sp³-hybridized carbons (Fsp3) is 0.714. The molecule has 74 valence electrons. The van der Waals surface area contributed by atoms with Gasteiger partial charge in [0.2, 0.25) is 11.8 Å². The highest BCUT2D eigenvalue weighted by Gasteiger charge is 2.20. The third-order valence-corrected chi connectivity index (χ3v) is 1.79. The van der Waals surface area contributed by atoms with Crippen LogP contribution in [0.1, 0.15) is 37.0 Å². The van der Waals surface area contributed by atoms with E-state index < -0.39 is 12.1 Å². The fourth-order valence-electron chi connectivity index (χ4n) is 0.748. The highest BCUT2D eigenvalue weighted by atomic mass is 35.5. The first kappa shape index (κ1) is 10.4. The van der Waals surface area contributed by atoms with Crippen LogP contribution in [0.15, 0.2) is 4.42 Å². The second-order valence-electron chi connectivity index (χ2n) is 2.86. The normalized spacial score (nSPS) is 18.2. The molecule has 1 aromatic rings. The second kappa shape index (κ2) is 4.04. The topological polar surface area (TPSA) is 85.2 Å². The zero-order chi connectivity index (χ0) is 10.0. The van der Waals surface area contributed by atoms with Crippen molar-refractivity contribution in [2.24, 2.45) is 5.73 Å². The molecule has 3 N–H and O–H groups in total. The van der Waals surface area contributed by atoms with Gasteiger partial charge in [0.05, 0.1) is 6.10 Å². The molecule has 0 aromatic carbocycles. The van der Waals surface area contributed by atoms with Crippen LogP contribution in [0.25, 0.3) is 0 Å². The molecule has 1 aromatic heterocycles. The number of hydrogen-bond acceptors (Lipinski definition) is 5. The highest BCUT2D eigenvalue weighted by molar-refractivity contribution is 6.20. The fourth-order valence-corrected chi connectivity index (χ4v) is 0.837. The van der Waals surface area contributed by atoms with E-state index in [2.05, 4.69) is 10.2 Å². The lowest BCUT2D eigenvalue weighted by Gasteiger charge is -2.08. The lowest BCUT2D eigenvalue weighted by Crippen LogP contribution is -2.23. The molecule has 1 rings (SSSR count). The first-order chi connectivity index (χ1) is 6.02. The summed E-state index contributed by atoms with van der Waals surface area (Å²) < 4.78 is 5.13. The van der Waals surface area contributed by atoms with E-state index in [-0.39, 0.29) is 11.3 Å². The molecule has 0 amide bonds. The molecule has 13 heavy (non-hydrogen) atoms. The minimum Gasteiger partial charge on any atom is -0.422 e. The van der Waals surface area contributed by atoms with Crippen molar-refractivity contribution in [3.63, 3.8) is 0 Å². The second-order valence-corrected chi connectivity index (χ2v) is 3.52. The summed E-state index contributed by atoms with van der Waals surface area (Å²) in [5.41, 5.74) is 5.56. The van der Waals surface area contributed by atoms with Crippen molar-refractivity contribution in [3.8, 4) is 0 Å². The van der Waals surface area contributed by atoms with E-state index in [0.29, 0.717) is 5.89 Å². The summed E-state index contributed by atoms with van der Waals surface area (Å²) in [5.74, 6) is 0.519. The Labute approximate surface area is 80.9 Å². The van der Waals surface area contributed by atoms with Crippen LogP contribution in [0.3, 0.4) is 0 Å². The Hall–Kier alpha value is -0.650. The molecule has 0 fully saturated rings. The Balaban J connectivity index is 2.79. The Morgan fingerprint density at radius 3 is 2.31 bits per heavy atom. The third-order valence-electron chi connectivity index (χ3n) is 1.60. The van der Waals surface area contributed by atoms with Crippen molar-refractivity contribution in [2.75, 3.05) is 0 Å². The zero-order valence-electron chi connectivity index (χ0n) is 7.44. The van der Waals surface area contributed by atoms with Gasteiger partial charge in [-0.15, -0.1) is 21.8 Å². The van der Waals surface area contributed by atoms with Crippen molar-refractivity contribution in [1.82, 2.24) is 10.2 Å². The molecule has 0 saturated heterocycles. The van der Waals surface area contributed by atoms with Crippen LogP contribution in [0.5, 0.6) is 0 Å². The summed E-state index contributed by atoms with van der Waals surface area (Å²) in [6.45, 7) is 3.27. The van der Waals surface area contributed by atoms with E-state index in [1.165, 1.54) is 0 Å². The number of alkyl halides is 1. The number of aromatic nitrogens is 2. The van der Waals surface area contributed by atoms with Crippen molar-refractivity contribution < 1.29 is 9.52 Å². The van der Waals surface area contributed by atoms with E-state index in [4.69, 9.17) is 26.9 Å². The van der Waals surface area contributed by atoms with Crippen LogP contribution >= 0.6 is 11.6 Å². The van der Waals surface area contributed by atoms with Crippen LogP contribution in [-0.4, -0.2) is 21.4 Å². The molecule has 0 aliphatic heterocycles. The van der Waals surface area contributed by atoms with Gasteiger partial charge in [0.1, 0.15) is 11.4 Å². The Morgan fingerprint density at radius 2 is 1.92 bits per heavy atom. The number of nitrogens with zero attached hydrogens (tertiary/aromatic N) is 2. The van der Waals surface area contributed by atoms with Gasteiger partial charge in [0.15, 0.2) is 0 Å². The third kappa shape index (κ3) is 2.40. The Morgan fingerprint density at radius 1 is 1.38 bits per heavy atom. The molecule has 3 atom stereocenters. The van der Waals surface area contributed by atoms with Gasteiger partial charge in [-0.3, -0.25) is 0 Å². The summed E-state index contributed by atoms with van der Waals surface area (Å²) in [6.07, 6.45) is -0.723. The first-order valence-corrected chi connectivity index (χ1v) is 4.37. The number of rotatable bonds is 3. The molecule has 0 saturated carbocycles. The largest absolute Gasteiger partial charge is 0.422 e. The van der Waals surface area contributed by atoms with Gasteiger partial charge in [-0.1, -0.05) is 0 Å². The zero-order valence-corrected chi connectivity index (χ0v) is 8.19. The molecule has 6 heteroatoms. The van der Waals surface area contributed by atoms with Gasteiger partial charge >= 0.3 is 0 Å². The van der Waals surface area contributed by atoms with Gasteiger partial charge in [-0.25, -0.2) is 0 Å². The van der Waals surface area contributed by atoms with Crippen LogP contribution in [0.4, 0.5) is 0 Å². The van der Waals surface area contributed by atoms with E-state index in [9.17, 15) is 0 Å². The maximum absolute atomic E-state index is 9.14. The SMILES string of the molecule is CC(Cl)c1nnc(C(N)C(C)O)o1. The quantitative estimate of drug-likeness (QED) is 0.712. The summed E-state index contributed by atoms with van der Waals surface area (Å²) in [7, 11) is 0. The minimum absolute atomic E-state index is 0.206. The Bertz CT molecular complexity index is 274. The van der Waals surface area contributed by atoms with Crippen LogP contribution in [0.2, 0.25) is 0 Å². The molecule has 0 radical (unpaired) electrons. The van der Waals surface area contributed by atoms with Crippen LogP contribution in [0, 0.1) is 0 Å². The first-order valence-electron chi connectivity index (χ1n) is 3.93. The number of halogens is 1. The van der Waals surface area contributed by atoms with E-state index in [1.807, 2.05) is 0 Å². The minimum atomic E-state index is -0.723. The molecule has 3 unspecified atom stereocenters. The molecule has 0 spiro atoms. The van der Waals surface area contributed by atoms with E-state index >= 15 is 0 Å². The standard InChI is InChI=1S/C7H12ClN3O2/c1-3(8)6-10-11-7(13-6)5(9)4(2)12/h3-5,12H,9H2,1-2H3. The van der Waals surface area contributed by atoms with Crippen LogP contribution < -0.4 is 5.73 Å². The molecule has 0 bridgehead atoms. The van der Waals surface area contributed by atoms with Crippen molar-refractivity contribution in [3.05, 3.63) is 11.8 Å². The summed E-state index contributed by atoms with van der Waals surface area (Å²) in [6, 6.07) is -0.656. The van der Waals surface area contributed by atoms with Gasteiger partial charge in [-0.2, -0.15) is 0 Å². The van der Waals surface area contributed by atoms with E-state index in [1.54, 1.807) is 13.8 Å². The number of hydrogen-bond donors (Lipinski definition) is 2. The average Bonchev–Trinajstić information content (AvgIpc) is 2.50. The average molecular weight is 206 g/mol. The molecular formula is C7H12ClN3O2. The molecule has 0 aliphatic carbocycles.